The lowest BCUT2D eigenvalue weighted by molar-refractivity contribution is -0.143. The number of carboxylic acids is 1. The van der Waals surface area contributed by atoms with Crippen LogP contribution in [0.4, 0.5) is 0 Å². The summed E-state index contributed by atoms with van der Waals surface area (Å²) >= 11 is 4.53. The summed E-state index contributed by atoms with van der Waals surface area (Å²) in [5, 5.41) is 8.58. The zero-order valence-electron chi connectivity index (χ0n) is 10.4. The molecule has 1 heterocycles. The number of aliphatic carboxylic acids is 1. The van der Waals surface area contributed by atoms with E-state index in [4.69, 9.17) is 5.11 Å². The molecule has 0 unspecified atom stereocenters. The van der Waals surface area contributed by atoms with Crippen LogP contribution in [-0.2, 0) is 9.59 Å². The summed E-state index contributed by atoms with van der Waals surface area (Å²) in [5.41, 5.74) is 0. The second-order valence-corrected chi connectivity index (χ2v) is 6.37. The zero-order valence-corrected chi connectivity index (χ0v) is 12.8. The van der Waals surface area contributed by atoms with Crippen LogP contribution in [0.1, 0.15) is 9.67 Å². The van der Waals surface area contributed by atoms with E-state index in [-0.39, 0.29) is 19.0 Å². The topological polar surface area (TPSA) is 77.9 Å². The van der Waals surface area contributed by atoms with Crippen molar-refractivity contribution in [2.45, 2.75) is 0 Å². The lowest BCUT2D eigenvalue weighted by Gasteiger charge is -2.20. The summed E-state index contributed by atoms with van der Waals surface area (Å²) in [5.74, 6) is -1.78. The van der Waals surface area contributed by atoms with Gasteiger partial charge in [0.25, 0.3) is 5.91 Å². The van der Waals surface area contributed by atoms with Crippen molar-refractivity contribution in [3.63, 3.8) is 0 Å². The number of nitrogens with zero attached hydrogens (tertiary/aromatic N) is 2. The second-order valence-electron chi connectivity index (χ2n) is 3.91. The largest absolute Gasteiger partial charge is 0.480 e. The lowest BCUT2D eigenvalue weighted by atomic mass is 10.4. The molecule has 8 heteroatoms. The van der Waals surface area contributed by atoms with Crippen molar-refractivity contribution in [1.29, 1.82) is 0 Å². The molecule has 0 aliphatic carbocycles. The van der Waals surface area contributed by atoms with E-state index < -0.39 is 11.9 Å². The van der Waals surface area contributed by atoms with Crippen LogP contribution < -0.4 is 0 Å². The second kappa shape index (κ2) is 6.67. The molecule has 0 aromatic carbocycles. The number of amides is 2. The van der Waals surface area contributed by atoms with Gasteiger partial charge in [-0.1, -0.05) is 0 Å². The molecule has 0 aliphatic rings. The van der Waals surface area contributed by atoms with E-state index in [0.717, 1.165) is 8.69 Å². The molecule has 0 fully saturated rings. The van der Waals surface area contributed by atoms with Crippen molar-refractivity contribution >= 4 is 45.1 Å². The van der Waals surface area contributed by atoms with Crippen LogP contribution in [0.3, 0.4) is 0 Å². The van der Waals surface area contributed by atoms with Crippen molar-refractivity contribution in [2.24, 2.45) is 0 Å². The number of likely N-dealkylation sites (N-methyl/N-ethyl adjacent to an activating group) is 2. The number of halogens is 1. The molecule has 1 aromatic rings. The highest BCUT2D eigenvalue weighted by atomic mass is 79.9. The van der Waals surface area contributed by atoms with Gasteiger partial charge in [-0.05, 0) is 28.1 Å². The van der Waals surface area contributed by atoms with Crippen molar-refractivity contribution in [3.05, 3.63) is 20.8 Å². The number of thiophene rings is 1. The van der Waals surface area contributed by atoms with Crippen LogP contribution in [0.2, 0.25) is 0 Å². The summed E-state index contributed by atoms with van der Waals surface area (Å²) in [6.45, 7) is -0.538. The predicted octanol–water partition coefficient (Wildman–Crippen LogP) is 1.13. The van der Waals surface area contributed by atoms with Gasteiger partial charge in [0.1, 0.15) is 6.54 Å². The molecule has 6 nitrogen and oxygen atoms in total. The molecule has 19 heavy (non-hydrogen) atoms. The highest BCUT2D eigenvalue weighted by Gasteiger charge is 2.19. The maximum Gasteiger partial charge on any atom is 0.323 e. The molecule has 0 atom stereocenters. The van der Waals surface area contributed by atoms with Gasteiger partial charge in [0, 0.05) is 14.1 Å². The van der Waals surface area contributed by atoms with Gasteiger partial charge in [-0.25, -0.2) is 0 Å². The van der Waals surface area contributed by atoms with Crippen LogP contribution >= 0.6 is 27.3 Å². The van der Waals surface area contributed by atoms with Gasteiger partial charge >= 0.3 is 5.97 Å². The Kier molecular flexibility index (Phi) is 5.49. The average molecular weight is 349 g/mol. The number of hydrogen-bond donors (Lipinski definition) is 1. The predicted molar refractivity (Wildman–Crippen MR) is 74.3 cm³/mol. The van der Waals surface area contributed by atoms with Gasteiger partial charge in [-0.15, -0.1) is 11.3 Å². The maximum absolute atomic E-state index is 12.0. The summed E-state index contributed by atoms with van der Waals surface area (Å²) in [6.07, 6.45) is 0. The average Bonchev–Trinajstić information content (AvgIpc) is 2.73. The van der Waals surface area contributed by atoms with E-state index in [1.165, 1.54) is 30.3 Å². The molecule has 1 aromatic heterocycles. The fourth-order valence-corrected chi connectivity index (χ4v) is 2.68. The Morgan fingerprint density at radius 1 is 1.21 bits per heavy atom. The number of rotatable bonds is 5. The molecule has 2 amide bonds. The minimum atomic E-state index is -1.09. The fraction of sp³-hybridized carbons (Fsp3) is 0.364. The zero-order chi connectivity index (χ0) is 14.6. The molecule has 0 saturated heterocycles. The minimum Gasteiger partial charge on any atom is -0.480 e. The summed E-state index contributed by atoms with van der Waals surface area (Å²) in [4.78, 5) is 37.0. The first-order valence-corrected chi connectivity index (χ1v) is 6.88. The molecule has 0 spiro atoms. The standard InChI is InChI=1S/C11H13BrN2O4S/c1-13(6-10(16)17)9(15)5-14(2)11(18)7-3-4-8(12)19-7/h3-4H,5-6H2,1-2H3,(H,16,17). The van der Waals surface area contributed by atoms with Crippen LogP contribution in [0.25, 0.3) is 0 Å². The Hall–Kier alpha value is -1.41. The molecular weight excluding hydrogens is 336 g/mol. The quantitative estimate of drug-likeness (QED) is 0.864. The number of carbonyl (C=O) groups is 3. The van der Waals surface area contributed by atoms with Gasteiger partial charge in [0.05, 0.1) is 15.2 Å². The third-order valence-corrected chi connectivity index (χ3v) is 3.91. The number of carboxylic acid groups (broad SMARTS) is 1. The van der Waals surface area contributed by atoms with Crippen LogP contribution in [0.5, 0.6) is 0 Å². The summed E-state index contributed by atoms with van der Waals surface area (Å²) in [6, 6.07) is 3.42. The molecule has 0 radical (unpaired) electrons. The van der Waals surface area contributed by atoms with Gasteiger partial charge in [-0.3, -0.25) is 14.4 Å². The third kappa shape index (κ3) is 4.64. The minimum absolute atomic E-state index is 0.155. The fourth-order valence-electron chi connectivity index (χ4n) is 1.30. The first kappa shape index (κ1) is 15.6. The molecule has 0 bridgehead atoms. The van der Waals surface area contributed by atoms with E-state index >= 15 is 0 Å². The van der Waals surface area contributed by atoms with E-state index in [2.05, 4.69) is 15.9 Å². The third-order valence-electron chi connectivity index (χ3n) is 2.30. The maximum atomic E-state index is 12.0. The van der Waals surface area contributed by atoms with Crippen molar-refractivity contribution in [1.82, 2.24) is 9.80 Å². The van der Waals surface area contributed by atoms with Crippen molar-refractivity contribution in [3.8, 4) is 0 Å². The monoisotopic (exact) mass is 348 g/mol. The van der Waals surface area contributed by atoms with Crippen molar-refractivity contribution < 1.29 is 19.5 Å². The van der Waals surface area contributed by atoms with Gasteiger partial charge in [0.15, 0.2) is 0 Å². The van der Waals surface area contributed by atoms with Crippen molar-refractivity contribution in [2.75, 3.05) is 27.2 Å². The van der Waals surface area contributed by atoms with Gasteiger partial charge in [0.2, 0.25) is 5.91 Å². The Morgan fingerprint density at radius 2 is 1.84 bits per heavy atom. The Balaban J connectivity index is 2.59. The Bertz CT molecular complexity index is 503. The first-order chi connectivity index (χ1) is 8.81. The molecule has 1 N–H and O–H groups in total. The Morgan fingerprint density at radius 3 is 2.32 bits per heavy atom. The molecule has 0 saturated carbocycles. The summed E-state index contributed by atoms with van der Waals surface area (Å²) in [7, 11) is 2.89. The Labute approximate surface area is 122 Å². The molecular formula is C11H13BrN2O4S. The normalized spacial score (nSPS) is 10.1. The molecule has 1 rings (SSSR count). The highest BCUT2D eigenvalue weighted by molar-refractivity contribution is 9.11. The summed E-state index contributed by atoms with van der Waals surface area (Å²) < 4.78 is 0.832. The van der Waals surface area contributed by atoms with Gasteiger partial charge < -0.3 is 14.9 Å². The number of carbonyl (C=O) groups excluding carboxylic acids is 2. The highest BCUT2D eigenvalue weighted by Crippen LogP contribution is 2.22. The van der Waals surface area contributed by atoms with Gasteiger partial charge in [-0.2, -0.15) is 0 Å². The van der Waals surface area contributed by atoms with E-state index in [1.54, 1.807) is 12.1 Å². The number of hydrogen-bond acceptors (Lipinski definition) is 4. The smallest absolute Gasteiger partial charge is 0.323 e. The SMILES string of the molecule is CN(CC(=O)O)C(=O)CN(C)C(=O)c1ccc(Br)s1. The lowest BCUT2D eigenvalue weighted by Crippen LogP contribution is -2.41. The van der Waals surface area contributed by atoms with Crippen LogP contribution in [0, 0.1) is 0 Å². The molecule has 104 valence electrons. The van der Waals surface area contributed by atoms with E-state index in [1.807, 2.05) is 0 Å². The van der Waals surface area contributed by atoms with E-state index in [9.17, 15) is 14.4 Å². The van der Waals surface area contributed by atoms with E-state index in [0.29, 0.717) is 4.88 Å². The van der Waals surface area contributed by atoms with Crippen LogP contribution in [-0.4, -0.2) is 59.9 Å². The first-order valence-electron chi connectivity index (χ1n) is 5.28. The molecule has 0 aliphatic heterocycles. The van der Waals surface area contributed by atoms with Crippen LogP contribution in [0.15, 0.2) is 15.9 Å².